The van der Waals surface area contributed by atoms with E-state index in [1.165, 1.54) is 25.7 Å². The molecule has 1 aromatic carbocycles. The minimum atomic E-state index is -0.727. The summed E-state index contributed by atoms with van der Waals surface area (Å²) in [6.07, 6.45) is 5.59. The molecule has 1 atom stereocenters. The van der Waals surface area contributed by atoms with Gasteiger partial charge in [0.15, 0.2) is 0 Å². The lowest BCUT2D eigenvalue weighted by atomic mass is 9.88. The van der Waals surface area contributed by atoms with Crippen LogP contribution in [0.3, 0.4) is 0 Å². The van der Waals surface area contributed by atoms with Crippen molar-refractivity contribution in [3.63, 3.8) is 0 Å². The molecule has 1 aromatic rings. The van der Waals surface area contributed by atoms with Gasteiger partial charge in [0, 0.05) is 0 Å². The van der Waals surface area contributed by atoms with Gasteiger partial charge in [-0.2, -0.15) is 0 Å². The highest BCUT2D eigenvalue weighted by molar-refractivity contribution is 5.76. The first-order chi connectivity index (χ1) is 8.70. The van der Waals surface area contributed by atoms with Gasteiger partial charge in [0.25, 0.3) is 0 Å². The largest absolute Gasteiger partial charge is 0.497 e. The van der Waals surface area contributed by atoms with E-state index in [4.69, 9.17) is 4.74 Å². The molecule has 0 aliphatic heterocycles. The average molecular weight is 248 g/mol. The molecule has 1 saturated carbocycles. The molecule has 3 heteroatoms. The van der Waals surface area contributed by atoms with E-state index in [2.05, 4.69) is 0 Å². The van der Waals surface area contributed by atoms with E-state index in [0.29, 0.717) is 5.92 Å². The van der Waals surface area contributed by atoms with Gasteiger partial charge < -0.3 is 9.84 Å². The van der Waals surface area contributed by atoms with E-state index in [0.717, 1.165) is 17.7 Å². The van der Waals surface area contributed by atoms with Gasteiger partial charge in [-0.1, -0.05) is 37.8 Å². The second-order valence-corrected chi connectivity index (χ2v) is 5.05. The molecule has 0 radical (unpaired) electrons. The van der Waals surface area contributed by atoms with Gasteiger partial charge in [0.2, 0.25) is 0 Å². The SMILES string of the molecule is COc1cccc([C@@H](CC2CCCC2)C(=O)O)c1. The van der Waals surface area contributed by atoms with Crippen LogP contribution in [0.2, 0.25) is 0 Å². The molecule has 0 amide bonds. The summed E-state index contributed by atoms with van der Waals surface area (Å²) < 4.78 is 5.16. The van der Waals surface area contributed by atoms with Crippen LogP contribution in [-0.4, -0.2) is 18.2 Å². The lowest BCUT2D eigenvalue weighted by molar-refractivity contribution is -0.139. The quantitative estimate of drug-likeness (QED) is 0.868. The van der Waals surface area contributed by atoms with E-state index < -0.39 is 11.9 Å². The second-order valence-electron chi connectivity index (χ2n) is 5.05. The molecule has 1 aliphatic carbocycles. The molecule has 3 nitrogen and oxygen atoms in total. The van der Waals surface area contributed by atoms with Crippen molar-refractivity contribution >= 4 is 5.97 Å². The van der Waals surface area contributed by atoms with E-state index >= 15 is 0 Å². The highest BCUT2D eigenvalue weighted by atomic mass is 16.5. The third-order valence-electron chi connectivity index (χ3n) is 3.84. The Morgan fingerprint density at radius 3 is 2.78 bits per heavy atom. The van der Waals surface area contributed by atoms with Crippen molar-refractivity contribution in [2.45, 2.75) is 38.0 Å². The molecule has 0 aromatic heterocycles. The highest BCUT2D eigenvalue weighted by Gasteiger charge is 2.26. The summed E-state index contributed by atoms with van der Waals surface area (Å²) in [5, 5.41) is 9.41. The minimum absolute atomic E-state index is 0.400. The van der Waals surface area contributed by atoms with Crippen LogP contribution in [0.15, 0.2) is 24.3 Å². The van der Waals surface area contributed by atoms with Gasteiger partial charge in [0.05, 0.1) is 13.0 Å². The smallest absolute Gasteiger partial charge is 0.310 e. The number of carboxylic acid groups (broad SMARTS) is 1. The first-order valence-electron chi connectivity index (χ1n) is 6.57. The number of hydrogen-bond acceptors (Lipinski definition) is 2. The summed E-state index contributed by atoms with van der Waals surface area (Å²) in [6, 6.07) is 7.43. The molecule has 2 rings (SSSR count). The zero-order chi connectivity index (χ0) is 13.0. The highest BCUT2D eigenvalue weighted by Crippen LogP contribution is 2.35. The van der Waals surface area contributed by atoms with Crippen LogP contribution >= 0.6 is 0 Å². The Bertz CT molecular complexity index is 408. The lowest BCUT2D eigenvalue weighted by Crippen LogP contribution is -2.15. The van der Waals surface area contributed by atoms with Crippen LogP contribution in [-0.2, 0) is 4.79 Å². The Labute approximate surface area is 108 Å². The third-order valence-corrected chi connectivity index (χ3v) is 3.84. The summed E-state index contributed by atoms with van der Waals surface area (Å²) in [5.41, 5.74) is 0.855. The zero-order valence-corrected chi connectivity index (χ0v) is 10.8. The van der Waals surface area contributed by atoms with Crippen molar-refractivity contribution in [3.8, 4) is 5.75 Å². The van der Waals surface area contributed by atoms with Crippen molar-refractivity contribution in [1.29, 1.82) is 0 Å². The van der Waals surface area contributed by atoms with E-state index in [-0.39, 0.29) is 0 Å². The molecule has 1 aliphatic rings. The monoisotopic (exact) mass is 248 g/mol. The number of carboxylic acids is 1. The standard InChI is InChI=1S/C15H20O3/c1-18-13-8-4-7-12(10-13)14(15(16)17)9-11-5-2-3-6-11/h4,7-8,10-11,14H,2-3,5-6,9H2,1H3,(H,16,17)/t14-/m1/s1. The first-order valence-corrected chi connectivity index (χ1v) is 6.57. The van der Waals surface area contributed by atoms with Crippen LogP contribution in [0.25, 0.3) is 0 Å². The molecule has 0 bridgehead atoms. The van der Waals surface area contributed by atoms with E-state index in [1.54, 1.807) is 7.11 Å². The van der Waals surface area contributed by atoms with Gasteiger partial charge in [0.1, 0.15) is 5.75 Å². The van der Waals surface area contributed by atoms with Crippen LogP contribution in [0.1, 0.15) is 43.6 Å². The average Bonchev–Trinajstić information content (AvgIpc) is 2.88. The predicted molar refractivity (Wildman–Crippen MR) is 69.9 cm³/mol. The van der Waals surface area contributed by atoms with Crippen molar-refractivity contribution in [2.24, 2.45) is 5.92 Å². The van der Waals surface area contributed by atoms with Gasteiger partial charge in [-0.25, -0.2) is 0 Å². The molecule has 0 spiro atoms. The number of aliphatic carboxylic acids is 1. The summed E-state index contributed by atoms with van der Waals surface area (Å²) in [5.74, 6) is 0.167. The Kier molecular flexibility index (Phi) is 4.24. The summed E-state index contributed by atoms with van der Waals surface area (Å²) in [4.78, 5) is 11.4. The number of benzene rings is 1. The maximum absolute atomic E-state index is 11.4. The molecule has 0 unspecified atom stereocenters. The third kappa shape index (κ3) is 3.03. The number of rotatable bonds is 5. The van der Waals surface area contributed by atoms with E-state index in [1.807, 2.05) is 24.3 Å². The van der Waals surface area contributed by atoms with Gasteiger partial charge >= 0.3 is 5.97 Å². The summed E-state index contributed by atoms with van der Waals surface area (Å²) >= 11 is 0. The Morgan fingerprint density at radius 2 is 2.17 bits per heavy atom. The fourth-order valence-corrected chi connectivity index (χ4v) is 2.82. The van der Waals surface area contributed by atoms with Crippen LogP contribution in [0.4, 0.5) is 0 Å². The number of hydrogen-bond donors (Lipinski definition) is 1. The second kappa shape index (κ2) is 5.89. The first kappa shape index (κ1) is 12.9. The summed E-state index contributed by atoms with van der Waals surface area (Å²) in [6.45, 7) is 0. The number of carbonyl (C=O) groups is 1. The predicted octanol–water partition coefficient (Wildman–Crippen LogP) is 3.44. The Balaban J connectivity index is 2.14. The fraction of sp³-hybridized carbons (Fsp3) is 0.533. The molecule has 0 saturated heterocycles. The summed E-state index contributed by atoms with van der Waals surface area (Å²) in [7, 11) is 1.60. The van der Waals surface area contributed by atoms with Crippen LogP contribution in [0.5, 0.6) is 5.75 Å². The maximum atomic E-state index is 11.4. The van der Waals surface area contributed by atoms with Gasteiger partial charge in [-0.15, -0.1) is 0 Å². The van der Waals surface area contributed by atoms with Crippen molar-refractivity contribution < 1.29 is 14.6 Å². The molecule has 1 fully saturated rings. The molecular formula is C15H20O3. The molecular weight excluding hydrogens is 228 g/mol. The Morgan fingerprint density at radius 1 is 1.44 bits per heavy atom. The van der Waals surface area contributed by atoms with Crippen molar-refractivity contribution in [1.82, 2.24) is 0 Å². The van der Waals surface area contributed by atoms with Gasteiger partial charge in [-0.05, 0) is 30.0 Å². The number of methoxy groups -OCH3 is 1. The van der Waals surface area contributed by atoms with Crippen molar-refractivity contribution in [3.05, 3.63) is 29.8 Å². The molecule has 98 valence electrons. The van der Waals surface area contributed by atoms with Crippen LogP contribution < -0.4 is 4.74 Å². The minimum Gasteiger partial charge on any atom is -0.497 e. The van der Waals surface area contributed by atoms with E-state index in [9.17, 15) is 9.90 Å². The number of ether oxygens (including phenoxy) is 1. The van der Waals surface area contributed by atoms with Gasteiger partial charge in [-0.3, -0.25) is 4.79 Å². The molecule has 1 N–H and O–H groups in total. The maximum Gasteiger partial charge on any atom is 0.310 e. The Hall–Kier alpha value is -1.51. The fourth-order valence-electron chi connectivity index (χ4n) is 2.82. The van der Waals surface area contributed by atoms with Crippen molar-refractivity contribution in [2.75, 3.05) is 7.11 Å². The normalized spacial score (nSPS) is 17.6. The molecule has 0 heterocycles. The lowest BCUT2D eigenvalue weighted by Gasteiger charge is -2.17. The molecule has 18 heavy (non-hydrogen) atoms. The van der Waals surface area contributed by atoms with Crippen LogP contribution in [0, 0.1) is 5.92 Å². The zero-order valence-electron chi connectivity index (χ0n) is 10.8. The topological polar surface area (TPSA) is 46.5 Å².